The molecule has 0 spiro atoms. The van der Waals surface area contributed by atoms with Gasteiger partial charge in [-0.15, -0.1) is 0 Å². The van der Waals surface area contributed by atoms with Crippen molar-refractivity contribution in [2.45, 2.75) is 19.0 Å². The fourth-order valence-electron chi connectivity index (χ4n) is 3.57. The highest BCUT2D eigenvalue weighted by atomic mass is 19.1. The summed E-state index contributed by atoms with van der Waals surface area (Å²) in [6.45, 7) is 4.00. The summed E-state index contributed by atoms with van der Waals surface area (Å²) in [6, 6.07) is 12.6. The normalized spacial score (nSPS) is 19.0. The van der Waals surface area contributed by atoms with Crippen molar-refractivity contribution in [2.24, 2.45) is 0 Å². The van der Waals surface area contributed by atoms with E-state index in [0.717, 1.165) is 11.1 Å². The smallest absolute Gasteiger partial charge is 0.317 e. The lowest BCUT2D eigenvalue weighted by molar-refractivity contribution is -0.139. The van der Waals surface area contributed by atoms with Crippen molar-refractivity contribution in [1.82, 2.24) is 9.80 Å². The molecular weight excluding hydrogens is 338 g/mol. The van der Waals surface area contributed by atoms with Crippen LogP contribution in [-0.2, 0) is 4.79 Å². The van der Waals surface area contributed by atoms with Crippen molar-refractivity contribution in [1.29, 1.82) is 0 Å². The molecule has 1 atom stereocenters. The van der Waals surface area contributed by atoms with Crippen molar-refractivity contribution >= 4 is 5.97 Å². The molecule has 1 saturated heterocycles. The van der Waals surface area contributed by atoms with Crippen LogP contribution in [0.1, 0.15) is 24.1 Å². The average Bonchev–Trinajstić information content (AvgIpc) is 2.60. The monoisotopic (exact) mass is 360 g/mol. The quantitative estimate of drug-likeness (QED) is 0.890. The number of halogens is 2. The molecule has 1 aliphatic rings. The van der Waals surface area contributed by atoms with Gasteiger partial charge in [0.15, 0.2) is 0 Å². The van der Waals surface area contributed by atoms with Crippen LogP contribution in [0.2, 0.25) is 0 Å². The second-order valence-electron chi connectivity index (χ2n) is 6.71. The van der Waals surface area contributed by atoms with Crippen molar-refractivity contribution in [3.05, 3.63) is 71.3 Å². The van der Waals surface area contributed by atoms with E-state index < -0.39 is 5.97 Å². The highest BCUT2D eigenvalue weighted by Gasteiger charge is 2.31. The van der Waals surface area contributed by atoms with Crippen LogP contribution < -0.4 is 0 Å². The summed E-state index contributed by atoms with van der Waals surface area (Å²) in [5, 5.41) is 9.04. The Hall–Kier alpha value is -2.31. The summed E-state index contributed by atoms with van der Waals surface area (Å²) in [7, 11) is 0. The number of benzene rings is 2. The number of carbonyl (C=O) groups is 1. The number of rotatable bonds is 5. The number of nitrogens with zero attached hydrogens (tertiary/aromatic N) is 2. The van der Waals surface area contributed by atoms with E-state index in [1.54, 1.807) is 24.3 Å². The fraction of sp³-hybridized carbons (Fsp3) is 0.350. The summed E-state index contributed by atoms with van der Waals surface area (Å²) in [5.74, 6) is -1.43. The van der Waals surface area contributed by atoms with Crippen LogP contribution in [0.4, 0.5) is 8.78 Å². The third kappa shape index (κ3) is 4.26. The zero-order valence-electron chi connectivity index (χ0n) is 14.6. The van der Waals surface area contributed by atoms with E-state index in [1.165, 1.54) is 24.3 Å². The number of carboxylic acid groups (broad SMARTS) is 1. The molecule has 0 bridgehead atoms. The minimum atomic E-state index is -0.834. The van der Waals surface area contributed by atoms with Gasteiger partial charge in [0.25, 0.3) is 0 Å². The minimum absolute atomic E-state index is 0.0206. The maximum absolute atomic E-state index is 13.4. The average molecular weight is 360 g/mol. The molecule has 0 aromatic heterocycles. The van der Waals surface area contributed by atoms with Crippen LogP contribution in [0.5, 0.6) is 0 Å². The third-order valence-electron chi connectivity index (χ3n) is 4.87. The largest absolute Gasteiger partial charge is 0.480 e. The molecule has 1 N–H and O–H groups in total. The molecule has 0 aliphatic carbocycles. The van der Waals surface area contributed by atoms with E-state index in [1.807, 2.05) is 11.8 Å². The lowest BCUT2D eigenvalue weighted by Crippen LogP contribution is -2.54. The predicted octanol–water partition coefficient (Wildman–Crippen LogP) is 3.14. The molecule has 1 fully saturated rings. The summed E-state index contributed by atoms with van der Waals surface area (Å²) in [6.07, 6.45) is 0. The number of piperazine rings is 1. The summed E-state index contributed by atoms with van der Waals surface area (Å²) in [5.41, 5.74) is 1.86. The molecule has 6 heteroatoms. The first-order valence-corrected chi connectivity index (χ1v) is 8.65. The zero-order valence-corrected chi connectivity index (χ0v) is 14.6. The molecule has 0 saturated carbocycles. The SMILES string of the molecule is C[C@@H]1CN(C(c2ccc(F)cc2)c2ccc(F)cc2)CCN1CC(=O)O. The molecule has 3 rings (SSSR count). The van der Waals surface area contributed by atoms with Crippen LogP contribution >= 0.6 is 0 Å². The number of aliphatic carboxylic acids is 1. The molecule has 1 aliphatic heterocycles. The third-order valence-corrected chi connectivity index (χ3v) is 4.87. The highest BCUT2D eigenvalue weighted by Crippen LogP contribution is 2.31. The Morgan fingerprint density at radius 1 is 1.04 bits per heavy atom. The lowest BCUT2D eigenvalue weighted by Gasteiger charge is -2.43. The van der Waals surface area contributed by atoms with Crippen LogP contribution in [0.25, 0.3) is 0 Å². The summed E-state index contributed by atoms with van der Waals surface area (Å²) in [4.78, 5) is 15.2. The predicted molar refractivity (Wildman–Crippen MR) is 94.9 cm³/mol. The van der Waals surface area contributed by atoms with Gasteiger partial charge in [-0.1, -0.05) is 24.3 Å². The number of hydrogen-bond donors (Lipinski definition) is 1. The first kappa shape index (κ1) is 18.5. The van der Waals surface area contributed by atoms with Gasteiger partial charge in [0, 0.05) is 25.7 Å². The Morgan fingerprint density at radius 3 is 1.96 bits per heavy atom. The van der Waals surface area contributed by atoms with Crippen LogP contribution in [0, 0.1) is 11.6 Å². The van der Waals surface area contributed by atoms with E-state index in [2.05, 4.69) is 4.90 Å². The Balaban J connectivity index is 1.88. The van der Waals surface area contributed by atoms with E-state index in [9.17, 15) is 13.6 Å². The van der Waals surface area contributed by atoms with Gasteiger partial charge in [-0.2, -0.15) is 0 Å². The maximum Gasteiger partial charge on any atom is 0.317 e. The highest BCUT2D eigenvalue weighted by molar-refractivity contribution is 5.69. The second kappa shape index (κ2) is 7.93. The molecule has 26 heavy (non-hydrogen) atoms. The van der Waals surface area contributed by atoms with E-state index in [4.69, 9.17) is 5.11 Å². The van der Waals surface area contributed by atoms with Crippen molar-refractivity contribution in [3.8, 4) is 0 Å². The Labute approximate surface area is 151 Å². The minimum Gasteiger partial charge on any atom is -0.480 e. The van der Waals surface area contributed by atoms with E-state index in [0.29, 0.717) is 19.6 Å². The molecule has 138 valence electrons. The molecular formula is C20H22F2N2O2. The summed E-state index contributed by atoms with van der Waals surface area (Å²) >= 11 is 0. The van der Waals surface area contributed by atoms with Crippen LogP contribution in [0.15, 0.2) is 48.5 Å². The molecule has 0 amide bonds. The van der Waals surface area contributed by atoms with Crippen LogP contribution in [-0.4, -0.2) is 53.1 Å². The van der Waals surface area contributed by atoms with Gasteiger partial charge in [-0.25, -0.2) is 8.78 Å². The Kier molecular flexibility index (Phi) is 5.64. The second-order valence-corrected chi connectivity index (χ2v) is 6.71. The Bertz CT molecular complexity index is 704. The zero-order chi connectivity index (χ0) is 18.7. The van der Waals surface area contributed by atoms with Gasteiger partial charge in [-0.05, 0) is 42.3 Å². The Morgan fingerprint density at radius 2 is 1.54 bits per heavy atom. The molecule has 1 heterocycles. The summed E-state index contributed by atoms with van der Waals surface area (Å²) < 4.78 is 26.7. The standard InChI is InChI=1S/C20H22F2N2O2/c1-14-12-24(11-10-23(14)13-19(25)26)20(15-2-6-17(21)7-3-15)16-4-8-18(22)9-5-16/h2-9,14,20H,10-13H2,1H3,(H,25,26)/t14-/m1/s1. The van der Waals surface area contributed by atoms with Crippen LogP contribution in [0.3, 0.4) is 0 Å². The number of hydrogen-bond acceptors (Lipinski definition) is 3. The molecule has 2 aromatic rings. The van der Waals surface area contributed by atoms with Gasteiger partial charge < -0.3 is 5.11 Å². The van der Waals surface area contributed by atoms with E-state index >= 15 is 0 Å². The van der Waals surface area contributed by atoms with Crippen molar-refractivity contribution in [3.63, 3.8) is 0 Å². The molecule has 2 aromatic carbocycles. The first-order chi connectivity index (χ1) is 12.4. The van der Waals surface area contributed by atoms with Gasteiger partial charge in [-0.3, -0.25) is 14.6 Å². The maximum atomic E-state index is 13.4. The van der Waals surface area contributed by atoms with Crippen molar-refractivity contribution in [2.75, 3.05) is 26.2 Å². The van der Waals surface area contributed by atoms with Gasteiger partial charge in [0.1, 0.15) is 11.6 Å². The van der Waals surface area contributed by atoms with Gasteiger partial charge in [0.05, 0.1) is 12.6 Å². The van der Waals surface area contributed by atoms with Gasteiger partial charge in [0.2, 0.25) is 0 Å². The molecule has 0 unspecified atom stereocenters. The molecule has 0 radical (unpaired) electrons. The molecule has 4 nitrogen and oxygen atoms in total. The first-order valence-electron chi connectivity index (χ1n) is 8.65. The fourth-order valence-corrected chi connectivity index (χ4v) is 3.57. The van der Waals surface area contributed by atoms with E-state index in [-0.39, 0.29) is 30.3 Å². The van der Waals surface area contributed by atoms with Crippen molar-refractivity contribution < 1.29 is 18.7 Å². The topological polar surface area (TPSA) is 43.8 Å². The lowest BCUT2D eigenvalue weighted by atomic mass is 9.95. The number of carboxylic acids is 1. The van der Waals surface area contributed by atoms with Gasteiger partial charge >= 0.3 is 5.97 Å².